The van der Waals surface area contributed by atoms with Crippen molar-refractivity contribution in [2.24, 2.45) is 35.5 Å². The summed E-state index contributed by atoms with van der Waals surface area (Å²) in [4.78, 5) is 47.5. The number of hydrogen-bond donors (Lipinski definition) is 0. The van der Waals surface area contributed by atoms with E-state index in [4.69, 9.17) is 9.47 Å². The zero-order chi connectivity index (χ0) is 18.3. The molecule has 4 aliphatic rings. The van der Waals surface area contributed by atoms with Crippen molar-refractivity contribution in [3.8, 4) is 0 Å². The lowest BCUT2D eigenvalue weighted by Crippen LogP contribution is -2.24. The minimum atomic E-state index is -0.922. The minimum Gasteiger partial charge on any atom is -0.390 e. The van der Waals surface area contributed by atoms with Gasteiger partial charge >= 0.3 is 23.9 Å². The fourth-order valence-electron chi connectivity index (χ4n) is 4.66. The average molecular weight is 356 g/mol. The maximum Gasteiger partial charge on any atom is 0.338 e. The summed E-state index contributed by atoms with van der Waals surface area (Å²) >= 11 is 0. The topological polar surface area (TPSA) is 86.7 Å². The molecule has 4 aliphatic carbocycles. The summed E-state index contributed by atoms with van der Waals surface area (Å²) in [6, 6.07) is 0. The van der Waals surface area contributed by atoms with Crippen LogP contribution in [0.4, 0.5) is 0 Å². The first-order valence-electron chi connectivity index (χ1n) is 9.05. The van der Waals surface area contributed by atoms with Gasteiger partial charge in [0.2, 0.25) is 0 Å². The van der Waals surface area contributed by atoms with Gasteiger partial charge in [-0.3, -0.25) is 9.59 Å². The second-order valence-electron chi connectivity index (χ2n) is 7.59. The Morgan fingerprint density at radius 3 is 1.38 bits per heavy atom. The molecule has 0 N–H and O–H groups in total. The summed E-state index contributed by atoms with van der Waals surface area (Å²) in [7, 11) is 0. The molecule has 4 rings (SSSR count). The molecule has 6 unspecified atom stereocenters. The van der Waals surface area contributed by atoms with Gasteiger partial charge in [0.25, 0.3) is 0 Å². The molecule has 0 amide bonds. The third kappa shape index (κ3) is 3.28. The molecular formula is C20H20O6. The maximum atomic E-state index is 12.0. The monoisotopic (exact) mass is 356 g/mol. The number of hydrogen-bond acceptors (Lipinski definition) is 6. The molecule has 136 valence electrons. The number of fused-ring (bicyclic) bond motifs is 4. The van der Waals surface area contributed by atoms with Gasteiger partial charge in [-0.2, -0.15) is 0 Å². The molecule has 0 aromatic rings. The second-order valence-corrected chi connectivity index (χ2v) is 7.59. The molecule has 6 nitrogen and oxygen atoms in total. The molecule has 6 heteroatoms. The largest absolute Gasteiger partial charge is 0.390 e. The van der Waals surface area contributed by atoms with Gasteiger partial charge in [0.15, 0.2) is 0 Å². The standard InChI is InChI=1S/C20H20O6/c21-17(25-19(23)15-9-11-1-3-13(15)7-11)5-6-18(22)26-20(24)16-10-12-2-4-14(16)8-12/h1-6,11-16H,7-10H2/b6-5-. The summed E-state index contributed by atoms with van der Waals surface area (Å²) in [5, 5.41) is 0. The van der Waals surface area contributed by atoms with Crippen LogP contribution >= 0.6 is 0 Å². The number of esters is 4. The molecule has 2 saturated carbocycles. The quantitative estimate of drug-likeness (QED) is 0.332. The Bertz CT molecular complexity index is 683. The lowest BCUT2D eigenvalue weighted by Gasteiger charge is -2.15. The van der Waals surface area contributed by atoms with E-state index < -0.39 is 23.9 Å². The number of ether oxygens (including phenoxy) is 2. The number of rotatable bonds is 4. The lowest BCUT2D eigenvalue weighted by molar-refractivity contribution is -0.162. The Morgan fingerprint density at radius 1 is 0.654 bits per heavy atom. The van der Waals surface area contributed by atoms with Crippen molar-refractivity contribution in [1.29, 1.82) is 0 Å². The predicted molar refractivity (Wildman–Crippen MR) is 89.0 cm³/mol. The first-order valence-corrected chi connectivity index (χ1v) is 9.05. The smallest absolute Gasteiger partial charge is 0.338 e. The van der Waals surface area contributed by atoms with Crippen LogP contribution in [0.5, 0.6) is 0 Å². The molecule has 0 aromatic heterocycles. The Kier molecular flexibility index (Phi) is 4.34. The summed E-state index contributed by atoms with van der Waals surface area (Å²) in [5.41, 5.74) is 0. The molecular weight excluding hydrogens is 336 g/mol. The minimum absolute atomic E-state index is 0.141. The molecule has 0 radical (unpaired) electrons. The van der Waals surface area contributed by atoms with Crippen molar-refractivity contribution in [1.82, 2.24) is 0 Å². The second kappa shape index (κ2) is 6.67. The van der Waals surface area contributed by atoms with Gasteiger partial charge in [-0.15, -0.1) is 0 Å². The summed E-state index contributed by atoms with van der Waals surface area (Å²) in [5.74, 6) is -2.48. The van der Waals surface area contributed by atoms with E-state index in [-0.39, 0.29) is 23.7 Å². The van der Waals surface area contributed by atoms with E-state index in [2.05, 4.69) is 12.2 Å². The van der Waals surface area contributed by atoms with Crippen molar-refractivity contribution in [3.63, 3.8) is 0 Å². The van der Waals surface area contributed by atoms with Gasteiger partial charge in [0.1, 0.15) is 0 Å². The third-order valence-corrected chi connectivity index (χ3v) is 5.92. The number of carbonyl (C=O) groups is 4. The van der Waals surface area contributed by atoms with E-state index in [1.54, 1.807) is 0 Å². The number of carbonyl (C=O) groups excluding carboxylic acids is 4. The summed E-state index contributed by atoms with van der Waals surface area (Å²) < 4.78 is 9.56. The Morgan fingerprint density at radius 2 is 1.08 bits per heavy atom. The van der Waals surface area contributed by atoms with Gasteiger partial charge in [0.05, 0.1) is 11.8 Å². The number of allylic oxidation sites excluding steroid dienone is 4. The highest BCUT2D eigenvalue weighted by molar-refractivity contribution is 5.99. The first-order chi connectivity index (χ1) is 12.5. The van der Waals surface area contributed by atoms with Crippen LogP contribution in [0, 0.1) is 35.5 Å². The SMILES string of the molecule is O=C(/C=C\C(=O)OC(=O)C1CC2C=CC1C2)OC(=O)C1CC2C=CC1C2. The van der Waals surface area contributed by atoms with E-state index >= 15 is 0 Å². The van der Waals surface area contributed by atoms with Gasteiger partial charge in [-0.05, 0) is 49.4 Å². The van der Waals surface area contributed by atoms with Gasteiger partial charge in [0, 0.05) is 12.2 Å². The maximum absolute atomic E-state index is 12.0. The van der Waals surface area contributed by atoms with Crippen molar-refractivity contribution < 1.29 is 28.7 Å². The Balaban J connectivity index is 1.23. The van der Waals surface area contributed by atoms with Gasteiger partial charge in [-0.1, -0.05) is 24.3 Å². The molecule has 0 heterocycles. The van der Waals surface area contributed by atoms with Gasteiger partial charge < -0.3 is 9.47 Å². The predicted octanol–water partition coefficient (Wildman–Crippen LogP) is 2.11. The van der Waals surface area contributed by atoms with Crippen molar-refractivity contribution in [2.75, 3.05) is 0 Å². The molecule has 0 aliphatic heterocycles. The zero-order valence-electron chi connectivity index (χ0n) is 14.2. The molecule has 0 aromatic carbocycles. The molecule has 0 spiro atoms. The molecule has 6 atom stereocenters. The fraction of sp³-hybridized carbons (Fsp3) is 0.500. The molecule has 0 saturated heterocycles. The lowest BCUT2D eigenvalue weighted by atomic mass is 9.94. The van der Waals surface area contributed by atoms with Crippen LogP contribution in [-0.2, 0) is 28.7 Å². The highest BCUT2D eigenvalue weighted by Gasteiger charge is 2.42. The highest BCUT2D eigenvalue weighted by Crippen LogP contribution is 2.44. The van der Waals surface area contributed by atoms with Gasteiger partial charge in [-0.25, -0.2) is 9.59 Å². The normalized spacial score (nSPS) is 36.0. The van der Waals surface area contributed by atoms with Crippen LogP contribution in [0.2, 0.25) is 0 Å². The molecule has 4 bridgehead atoms. The van der Waals surface area contributed by atoms with Crippen LogP contribution in [0.1, 0.15) is 25.7 Å². The average Bonchev–Trinajstić information content (AvgIpc) is 3.39. The van der Waals surface area contributed by atoms with Crippen LogP contribution in [0.3, 0.4) is 0 Å². The van der Waals surface area contributed by atoms with E-state index in [9.17, 15) is 19.2 Å². The zero-order valence-corrected chi connectivity index (χ0v) is 14.2. The highest BCUT2D eigenvalue weighted by atomic mass is 16.6. The Labute approximate surface area is 150 Å². The van der Waals surface area contributed by atoms with Crippen LogP contribution in [-0.4, -0.2) is 23.9 Å². The van der Waals surface area contributed by atoms with Crippen molar-refractivity contribution in [2.45, 2.75) is 25.7 Å². The Hall–Kier alpha value is -2.50. The van der Waals surface area contributed by atoms with E-state index in [0.29, 0.717) is 24.7 Å². The van der Waals surface area contributed by atoms with E-state index in [1.165, 1.54) is 0 Å². The van der Waals surface area contributed by atoms with Crippen molar-refractivity contribution in [3.05, 3.63) is 36.5 Å². The van der Waals surface area contributed by atoms with Crippen molar-refractivity contribution >= 4 is 23.9 Å². The van der Waals surface area contributed by atoms with Crippen LogP contribution < -0.4 is 0 Å². The summed E-state index contributed by atoms with van der Waals surface area (Å²) in [6.45, 7) is 0. The van der Waals surface area contributed by atoms with E-state index in [1.807, 2.05) is 12.2 Å². The molecule has 2 fully saturated rings. The summed E-state index contributed by atoms with van der Waals surface area (Å²) in [6.07, 6.45) is 13.1. The third-order valence-electron chi connectivity index (χ3n) is 5.92. The van der Waals surface area contributed by atoms with E-state index in [0.717, 1.165) is 25.0 Å². The first kappa shape index (κ1) is 16.9. The van der Waals surface area contributed by atoms with Crippen LogP contribution in [0.15, 0.2) is 36.5 Å². The van der Waals surface area contributed by atoms with Crippen LogP contribution in [0.25, 0.3) is 0 Å². The fourth-order valence-corrected chi connectivity index (χ4v) is 4.66. The molecule has 26 heavy (non-hydrogen) atoms.